The van der Waals surface area contributed by atoms with Crippen molar-refractivity contribution in [2.75, 3.05) is 6.54 Å². The molecule has 0 bridgehead atoms. The van der Waals surface area contributed by atoms with Gasteiger partial charge >= 0.3 is 0 Å². The van der Waals surface area contributed by atoms with Crippen LogP contribution in [0, 0.1) is 6.92 Å². The molecule has 2 aromatic heterocycles. The third kappa shape index (κ3) is 2.37. The van der Waals surface area contributed by atoms with E-state index in [0.717, 1.165) is 18.5 Å². The van der Waals surface area contributed by atoms with Crippen LogP contribution >= 0.6 is 0 Å². The molecule has 0 aromatic carbocycles. The topological polar surface area (TPSA) is 71.9 Å². The molecule has 1 aliphatic rings. The Hall–Kier alpha value is -2.37. The summed E-state index contributed by atoms with van der Waals surface area (Å²) in [6, 6.07) is 1.86. The molecule has 0 spiro atoms. The van der Waals surface area contributed by atoms with Crippen molar-refractivity contribution in [1.29, 1.82) is 0 Å². The predicted octanol–water partition coefficient (Wildman–Crippen LogP) is 1.73. The summed E-state index contributed by atoms with van der Waals surface area (Å²) in [6.07, 6.45) is 8.11. The van der Waals surface area contributed by atoms with Gasteiger partial charge < -0.3 is 4.90 Å². The fourth-order valence-electron chi connectivity index (χ4n) is 2.78. The van der Waals surface area contributed by atoms with Crippen molar-refractivity contribution in [2.24, 2.45) is 0 Å². The van der Waals surface area contributed by atoms with Gasteiger partial charge in [-0.1, -0.05) is 0 Å². The number of hydrogen-bond acceptors (Lipinski definition) is 5. The molecule has 0 aliphatic carbocycles. The lowest BCUT2D eigenvalue weighted by Crippen LogP contribution is -2.44. The second-order valence-corrected chi connectivity index (χ2v) is 5.45. The van der Waals surface area contributed by atoms with Gasteiger partial charge in [0.1, 0.15) is 11.2 Å². The van der Waals surface area contributed by atoms with Gasteiger partial charge in [-0.25, -0.2) is 15.0 Å². The monoisotopic (exact) mass is 283 g/mol. The number of aryl methyl sites for hydroxylation is 1. The van der Waals surface area contributed by atoms with E-state index in [0.29, 0.717) is 18.1 Å². The van der Waals surface area contributed by atoms with E-state index in [1.54, 1.807) is 12.4 Å². The Morgan fingerprint density at radius 1 is 1.29 bits per heavy atom. The van der Waals surface area contributed by atoms with E-state index < -0.39 is 5.54 Å². The minimum Gasteiger partial charge on any atom is -0.325 e. The first-order valence-electron chi connectivity index (χ1n) is 6.99. The Bertz CT molecular complexity index is 660. The zero-order valence-electron chi connectivity index (χ0n) is 12.2. The third-order valence-electron chi connectivity index (χ3n) is 3.95. The molecule has 1 aliphatic heterocycles. The Labute approximate surface area is 123 Å². The highest BCUT2D eigenvalue weighted by molar-refractivity contribution is 5.92. The first-order valence-corrected chi connectivity index (χ1v) is 6.99. The van der Waals surface area contributed by atoms with Gasteiger partial charge in [0, 0.05) is 30.8 Å². The molecule has 1 atom stereocenters. The van der Waals surface area contributed by atoms with Crippen LogP contribution in [-0.2, 0) is 5.54 Å². The lowest BCUT2D eigenvalue weighted by Gasteiger charge is -2.33. The van der Waals surface area contributed by atoms with Crippen LogP contribution in [-0.4, -0.2) is 37.3 Å². The lowest BCUT2D eigenvalue weighted by molar-refractivity contribution is 0.0597. The molecule has 108 valence electrons. The first-order chi connectivity index (χ1) is 10.1. The number of carbonyl (C=O) groups is 1. The summed E-state index contributed by atoms with van der Waals surface area (Å²) in [4.78, 5) is 31.5. The zero-order valence-corrected chi connectivity index (χ0v) is 12.2. The standard InChI is InChI=1S/C15H17N5O/c1-11-4-6-18-14(19-11)15(2)5-3-9-20(15)13(21)12-10-16-7-8-17-12/h4,6-8,10H,3,5,9H2,1-2H3/t15-/m0/s1. The maximum atomic E-state index is 12.7. The van der Waals surface area contributed by atoms with Gasteiger partial charge in [0.15, 0.2) is 5.82 Å². The van der Waals surface area contributed by atoms with Crippen LogP contribution < -0.4 is 0 Å². The van der Waals surface area contributed by atoms with Crippen molar-refractivity contribution in [3.63, 3.8) is 0 Å². The summed E-state index contributed by atoms with van der Waals surface area (Å²) in [5.41, 5.74) is 0.777. The van der Waals surface area contributed by atoms with Gasteiger partial charge in [-0.3, -0.25) is 9.78 Å². The van der Waals surface area contributed by atoms with E-state index in [4.69, 9.17) is 0 Å². The minimum absolute atomic E-state index is 0.117. The molecule has 6 heteroatoms. The molecular weight excluding hydrogens is 266 g/mol. The van der Waals surface area contributed by atoms with E-state index >= 15 is 0 Å². The summed E-state index contributed by atoms with van der Waals surface area (Å²) >= 11 is 0. The van der Waals surface area contributed by atoms with Crippen molar-refractivity contribution in [2.45, 2.75) is 32.2 Å². The van der Waals surface area contributed by atoms with Crippen molar-refractivity contribution < 1.29 is 4.79 Å². The molecule has 6 nitrogen and oxygen atoms in total. The van der Waals surface area contributed by atoms with Crippen LogP contribution in [0.2, 0.25) is 0 Å². The van der Waals surface area contributed by atoms with Gasteiger partial charge in [0.2, 0.25) is 0 Å². The predicted molar refractivity (Wildman–Crippen MR) is 76.4 cm³/mol. The van der Waals surface area contributed by atoms with Crippen LogP contribution in [0.15, 0.2) is 30.9 Å². The molecule has 2 aromatic rings. The first kappa shape index (κ1) is 13.6. The molecule has 0 radical (unpaired) electrons. The molecule has 3 rings (SSSR count). The Kier molecular flexibility index (Phi) is 3.37. The fourth-order valence-corrected chi connectivity index (χ4v) is 2.78. The third-order valence-corrected chi connectivity index (χ3v) is 3.95. The maximum absolute atomic E-state index is 12.7. The molecular formula is C15H17N5O. The number of hydrogen-bond donors (Lipinski definition) is 0. The molecule has 0 saturated carbocycles. The summed E-state index contributed by atoms with van der Waals surface area (Å²) in [5, 5.41) is 0. The molecule has 1 saturated heterocycles. The maximum Gasteiger partial charge on any atom is 0.274 e. The number of aromatic nitrogens is 4. The number of carbonyl (C=O) groups excluding carboxylic acids is 1. The summed E-state index contributed by atoms with van der Waals surface area (Å²) in [7, 11) is 0. The largest absolute Gasteiger partial charge is 0.325 e. The zero-order chi connectivity index (χ0) is 14.9. The van der Waals surface area contributed by atoms with E-state index in [9.17, 15) is 4.79 Å². The average Bonchev–Trinajstić information content (AvgIpc) is 2.91. The van der Waals surface area contributed by atoms with E-state index in [-0.39, 0.29) is 5.91 Å². The molecule has 3 heterocycles. The summed E-state index contributed by atoms with van der Waals surface area (Å²) in [6.45, 7) is 4.63. The lowest BCUT2D eigenvalue weighted by atomic mass is 9.97. The highest BCUT2D eigenvalue weighted by atomic mass is 16.2. The van der Waals surface area contributed by atoms with E-state index in [1.807, 2.05) is 24.8 Å². The normalized spacial score (nSPS) is 21.5. The molecule has 0 unspecified atom stereocenters. The number of likely N-dealkylation sites (tertiary alicyclic amines) is 1. The average molecular weight is 283 g/mol. The van der Waals surface area contributed by atoms with E-state index in [2.05, 4.69) is 19.9 Å². The molecule has 1 amide bonds. The molecule has 1 fully saturated rings. The van der Waals surface area contributed by atoms with Gasteiger partial charge in [-0.2, -0.15) is 0 Å². The molecule has 21 heavy (non-hydrogen) atoms. The van der Waals surface area contributed by atoms with Crippen LogP contribution in [0.3, 0.4) is 0 Å². The number of nitrogens with zero attached hydrogens (tertiary/aromatic N) is 5. The van der Waals surface area contributed by atoms with Gasteiger partial charge in [-0.15, -0.1) is 0 Å². The van der Waals surface area contributed by atoms with Crippen LogP contribution in [0.5, 0.6) is 0 Å². The number of rotatable bonds is 2. The fraction of sp³-hybridized carbons (Fsp3) is 0.400. The Morgan fingerprint density at radius 3 is 2.86 bits per heavy atom. The second-order valence-electron chi connectivity index (χ2n) is 5.45. The quantitative estimate of drug-likeness (QED) is 0.839. The Morgan fingerprint density at radius 2 is 2.14 bits per heavy atom. The highest BCUT2D eigenvalue weighted by Crippen LogP contribution is 2.37. The van der Waals surface area contributed by atoms with Crippen LogP contribution in [0.4, 0.5) is 0 Å². The van der Waals surface area contributed by atoms with E-state index in [1.165, 1.54) is 12.4 Å². The summed E-state index contributed by atoms with van der Waals surface area (Å²) in [5.74, 6) is 0.574. The highest BCUT2D eigenvalue weighted by Gasteiger charge is 2.44. The smallest absolute Gasteiger partial charge is 0.274 e. The Balaban J connectivity index is 1.97. The van der Waals surface area contributed by atoms with Crippen LogP contribution in [0.1, 0.15) is 41.8 Å². The SMILES string of the molecule is Cc1ccnc([C@]2(C)CCCN2C(=O)c2cnccn2)n1. The van der Waals surface area contributed by atoms with Gasteiger partial charge in [0.25, 0.3) is 5.91 Å². The molecule has 0 N–H and O–H groups in total. The minimum atomic E-state index is -0.485. The van der Waals surface area contributed by atoms with Crippen molar-refractivity contribution >= 4 is 5.91 Å². The number of amides is 1. The van der Waals surface area contributed by atoms with Crippen molar-refractivity contribution in [3.05, 3.63) is 48.1 Å². The summed E-state index contributed by atoms with van der Waals surface area (Å²) < 4.78 is 0. The van der Waals surface area contributed by atoms with Gasteiger partial charge in [-0.05, 0) is 32.8 Å². The van der Waals surface area contributed by atoms with Gasteiger partial charge in [0.05, 0.1) is 6.20 Å². The second kappa shape index (κ2) is 5.20. The van der Waals surface area contributed by atoms with Crippen LogP contribution in [0.25, 0.3) is 0 Å². The van der Waals surface area contributed by atoms with Crippen molar-refractivity contribution in [3.8, 4) is 0 Å². The van der Waals surface area contributed by atoms with Crippen molar-refractivity contribution in [1.82, 2.24) is 24.8 Å².